The Labute approximate surface area is 135 Å². The average Bonchev–Trinajstić information content (AvgIpc) is 2.96. The van der Waals surface area contributed by atoms with Gasteiger partial charge >= 0.3 is 6.03 Å². The van der Waals surface area contributed by atoms with Crippen LogP contribution in [0.25, 0.3) is 0 Å². The van der Waals surface area contributed by atoms with Gasteiger partial charge < -0.3 is 15.1 Å². The van der Waals surface area contributed by atoms with E-state index in [4.69, 9.17) is 0 Å². The standard InChI is InChI=1S/C15H24N4O2S/c1-15(2,3)17-14(21)19-8-6-18(7-9-19)13(20)5-4-12-10-22-11-16-12/h10-11H,4-9H2,1-3H3,(H,17,21). The molecule has 0 aromatic carbocycles. The predicted molar refractivity (Wildman–Crippen MR) is 86.9 cm³/mol. The van der Waals surface area contributed by atoms with Crippen LogP contribution in [-0.4, -0.2) is 58.4 Å². The number of thiazole rings is 1. The molecule has 7 heteroatoms. The molecule has 0 aliphatic carbocycles. The number of hydrogen-bond donors (Lipinski definition) is 1. The van der Waals surface area contributed by atoms with Crippen LogP contribution in [-0.2, 0) is 11.2 Å². The summed E-state index contributed by atoms with van der Waals surface area (Å²) in [6.07, 6.45) is 1.17. The van der Waals surface area contributed by atoms with Crippen LogP contribution in [0.1, 0.15) is 32.9 Å². The first-order valence-electron chi connectivity index (χ1n) is 7.57. The number of hydrogen-bond acceptors (Lipinski definition) is 4. The van der Waals surface area contributed by atoms with Gasteiger partial charge in [-0.2, -0.15) is 0 Å². The first-order valence-corrected chi connectivity index (χ1v) is 8.51. The summed E-state index contributed by atoms with van der Waals surface area (Å²) in [7, 11) is 0. The number of carbonyl (C=O) groups is 2. The molecule has 22 heavy (non-hydrogen) atoms. The molecule has 1 fully saturated rings. The third-order valence-electron chi connectivity index (χ3n) is 3.48. The first kappa shape index (κ1) is 16.7. The fourth-order valence-electron chi connectivity index (χ4n) is 2.31. The van der Waals surface area contributed by atoms with Crippen molar-refractivity contribution in [2.75, 3.05) is 26.2 Å². The van der Waals surface area contributed by atoms with Crippen molar-refractivity contribution in [1.82, 2.24) is 20.1 Å². The number of aromatic nitrogens is 1. The summed E-state index contributed by atoms with van der Waals surface area (Å²) in [5, 5.41) is 4.93. The maximum absolute atomic E-state index is 12.2. The van der Waals surface area contributed by atoms with E-state index in [9.17, 15) is 9.59 Å². The molecular formula is C15H24N4O2S. The van der Waals surface area contributed by atoms with Crippen molar-refractivity contribution >= 4 is 23.3 Å². The fourth-order valence-corrected chi connectivity index (χ4v) is 2.91. The smallest absolute Gasteiger partial charge is 0.317 e. The van der Waals surface area contributed by atoms with Crippen LogP contribution in [0.3, 0.4) is 0 Å². The van der Waals surface area contributed by atoms with Crippen LogP contribution in [0.2, 0.25) is 0 Å². The zero-order chi connectivity index (χ0) is 16.2. The van der Waals surface area contributed by atoms with Crippen molar-refractivity contribution in [3.8, 4) is 0 Å². The lowest BCUT2D eigenvalue weighted by atomic mass is 10.1. The number of aryl methyl sites for hydroxylation is 1. The molecule has 1 aliphatic rings. The largest absolute Gasteiger partial charge is 0.339 e. The molecule has 0 saturated carbocycles. The zero-order valence-electron chi connectivity index (χ0n) is 13.5. The molecule has 0 unspecified atom stereocenters. The molecular weight excluding hydrogens is 300 g/mol. The zero-order valence-corrected chi connectivity index (χ0v) is 14.3. The SMILES string of the molecule is CC(C)(C)NC(=O)N1CCN(C(=O)CCc2cscn2)CC1. The summed E-state index contributed by atoms with van der Waals surface area (Å²) in [6.45, 7) is 8.27. The highest BCUT2D eigenvalue weighted by Gasteiger charge is 2.25. The Hall–Kier alpha value is -1.63. The van der Waals surface area contributed by atoms with Gasteiger partial charge in [-0.3, -0.25) is 4.79 Å². The lowest BCUT2D eigenvalue weighted by molar-refractivity contribution is -0.132. The molecule has 1 aromatic rings. The highest BCUT2D eigenvalue weighted by molar-refractivity contribution is 7.07. The van der Waals surface area contributed by atoms with Gasteiger partial charge in [0.1, 0.15) is 0 Å². The van der Waals surface area contributed by atoms with Gasteiger partial charge in [0.2, 0.25) is 5.91 Å². The van der Waals surface area contributed by atoms with E-state index in [1.807, 2.05) is 31.1 Å². The number of nitrogens with one attached hydrogen (secondary N) is 1. The number of urea groups is 1. The predicted octanol–water partition coefficient (Wildman–Crippen LogP) is 1.73. The Morgan fingerprint density at radius 2 is 1.86 bits per heavy atom. The summed E-state index contributed by atoms with van der Waals surface area (Å²) in [6, 6.07) is -0.0536. The number of piperazine rings is 1. The lowest BCUT2D eigenvalue weighted by Crippen LogP contribution is -2.56. The van der Waals surface area contributed by atoms with Gasteiger partial charge in [0.15, 0.2) is 0 Å². The molecule has 1 aliphatic heterocycles. The van der Waals surface area contributed by atoms with Gasteiger partial charge in [-0.05, 0) is 27.2 Å². The second-order valence-electron chi connectivity index (χ2n) is 6.53. The van der Waals surface area contributed by atoms with Gasteiger partial charge in [0.25, 0.3) is 0 Å². The quantitative estimate of drug-likeness (QED) is 0.921. The number of carbonyl (C=O) groups excluding carboxylic acids is 2. The van der Waals surface area contributed by atoms with Gasteiger partial charge in [0, 0.05) is 43.5 Å². The second-order valence-corrected chi connectivity index (χ2v) is 7.25. The third-order valence-corrected chi connectivity index (χ3v) is 4.12. The maximum atomic E-state index is 12.2. The molecule has 122 valence electrons. The van der Waals surface area contributed by atoms with Gasteiger partial charge in [-0.1, -0.05) is 0 Å². The molecule has 0 bridgehead atoms. The molecule has 0 atom stereocenters. The molecule has 1 N–H and O–H groups in total. The summed E-state index contributed by atoms with van der Waals surface area (Å²) < 4.78 is 0. The van der Waals surface area contributed by atoms with E-state index in [0.717, 1.165) is 5.69 Å². The summed E-state index contributed by atoms with van der Waals surface area (Å²) in [5.41, 5.74) is 2.52. The molecule has 1 aromatic heterocycles. The van der Waals surface area contributed by atoms with Crippen LogP contribution < -0.4 is 5.32 Å². The van der Waals surface area contributed by atoms with Crippen molar-refractivity contribution in [3.63, 3.8) is 0 Å². The Morgan fingerprint density at radius 1 is 1.23 bits per heavy atom. The lowest BCUT2D eigenvalue weighted by Gasteiger charge is -2.36. The van der Waals surface area contributed by atoms with Crippen LogP contribution in [0, 0.1) is 0 Å². The van der Waals surface area contributed by atoms with Crippen molar-refractivity contribution in [3.05, 3.63) is 16.6 Å². The molecule has 2 rings (SSSR count). The molecule has 0 spiro atoms. The van der Waals surface area contributed by atoms with Gasteiger partial charge in [0.05, 0.1) is 11.2 Å². The van der Waals surface area contributed by atoms with E-state index in [-0.39, 0.29) is 17.5 Å². The maximum Gasteiger partial charge on any atom is 0.317 e. The molecule has 0 radical (unpaired) electrons. The average molecular weight is 324 g/mol. The van der Waals surface area contributed by atoms with Crippen LogP contribution >= 0.6 is 11.3 Å². The van der Waals surface area contributed by atoms with E-state index in [0.29, 0.717) is 39.0 Å². The van der Waals surface area contributed by atoms with E-state index in [1.54, 1.807) is 21.7 Å². The molecule has 1 saturated heterocycles. The van der Waals surface area contributed by atoms with Crippen molar-refractivity contribution in [2.45, 2.75) is 39.2 Å². The number of rotatable bonds is 3. The minimum atomic E-state index is -0.239. The normalized spacial score (nSPS) is 15.8. The monoisotopic (exact) mass is 324 g/mol. The Bertz CT molecular complexity index is 502. The topological polar surface area (TPSA) is 65.5 Å². The molecule has 6 nitrogen and oxygen atoms in total. The van der Waals surface area contributed by atoms with Crippen molar-refractivity contribution in [1.29, 1.82) is 0 Å². The first-order chi connectivity index (χ1) is 10.3. The minimum Gasteiger partial charge on any atom is -0.339 e. The van der Waals surface area contributed by atoms with Crippen molar-refractivity contribution < 1.29 is 9.59 Å². The Kier molecular flexibility index (Phi) is 5.39. The highest BCUT2D eigenvalue weighted by Crippen LogP contribution is 2.09. The fraction of sp³-hybridized carbons (Fsp3) is 0.667. The number of amides is 3. The van der Waals surface area contributed by atoms with Crippen LogP contribution in [0.5, 0.6) is 0 Å². The number of nitrogens with zero attached hydrogens (tertiary/aromatic N) is 3. The van der Waals surface area contributed by atoms with Gasteiger partial charge in [-0.25, -0.2) is 9.78 Å². The van der Waals surface area contributed by atoms with E-state index in [2.05, 4.69) is 10.3 Å². The summed E-state index contributed by atoms with van der Waals surface area (Å²) in [4.78, 5) is 32.1. The van der Waals surface area contributed by atoms with Gasteiger partial charge in [-0.15, -0.1) is 11.3 Å². The van der Waals surface area contributed by atoms with E-state index >= 15 is 0 Å². The Morgan fingerprint density at radius 3 is 2.41 bits per heavy atom. The summed E-state index contributed by atoms with van der Waals surface area (Å²) >= 11 is 1.55. The Balaban J connectivity index is 1.74. The molecule has 3 amide bonds. The van der Waals surface area contributed by atoms with Crippen LogP contribution in [0.15, 0.2) is 10.9 Å². The second kappa shape index (κ2) is 7.09. The van der Waals surface area contributed by atoms with E-state index in [1.165, 1.54) is 0 Å². The van der Waals surface area contributed by atoms with Crippen LogP contribution in [0.4, 0.5) is 4.79 Å². The third kappa shape index (κ3) is 4.98. The van der Waals surface area contributed by atoms with Crippen molar-refractivity contribution in [2.24, 2.45) is 0 Å². The minimum absolute atomic E-state index is 0.0536. The summed E-state index contributed by atoms with van der Waals surface area (Å²) in [5.74, 6) is 0.142. The molecule has 2 heterocycles. The highest BCUT2D eigenvalue weighted by atomic mass is 32.1. The van der Waals surface area contributed by atoms with E-state index < -0.39 is 0 Å².